The highest BCUT2D eigenvalue weighted by Gasteiger charge is 2.31. The molecule has 0 bridgehead atoms. The molecule has 0 N–H and O–H groups in total. The van der Waals surface area contributed by atoms with Gasteiger partial charge in [0.25, 0.3) is 0 Å². The highest BCUT2D eigenvalue weighted by molar-refractivity contribution is 8.20. The molecular formula is C11H14O2S2. The van der Waals surface area contributed by atoms with Crippen LogP contribution in [0.5, 0.6) is 11.5 Å². The smallest absolute Gasteiger partial charge is 0.161 e. The van der Waals surface area contributed by atoms with E-state index in [1.165, 1.54) is 9.79 Å². The third-order valence-corrected chi connectivity index (χ3v) is 4.89. The third-order valence-electron chi connectivity index (χ3n) is 2.16. The van der Waals surface area contributed by atoms with Gasteiger partial charge in [-0.05, 0) is 26.0 Å². The molecule has 0 spiro atoms. The van der Waals surface area contributed by atoms with Crippen molar-refractivity contribution in [2.75, 3.05) is 14.2 Å². The molecule has 1 aliphatic heterocycles. The summed E-state index contributed by atoms with van der Waals surface area (Å²) in [6.45, 7) is 4.45. The fraction of sp³-hybridized carbons (Fsp3) is 0.455. The van der Waals surface area contributed by atoms with Gasteiger partial charge in [0.2, 0.25) is 0 Å². The second-order valence-electron chi connectivity index (χ2n) is 3.76. The van der Waals surface area contributed by atoms with Gasteiger partial charge in [-0.3, -0.25) is 0 Å². The largest absolute Gasteiger partial charge is 0.493 e. The van der Waals surface area contributed by atoms with Gasteiger partial charge in [0.05, 0.1) is 18.3 Å². The number of methoxy groups -OCH3 is 2. The fourth-order valence-corrected chi connectivity index (χ4v) is 4.22. The maximum atomic E-state index is 5.28. The molecule has 0 fully saturated rings. The minimum Gasteiger partial charge on any atom is -0.493 e. The van der Waals surface area contributed by atoms with Crippen LogP contribution in [0.15, 0.2) is 21.9 Å². The lowest BCUT2D eigenvalue weighted by Gasteiger charge is -2.12. The van der Waals surface area contributed by atoms with Crippen molar-refractivity contribution < 1.29 is 9.47 Å². The van der Waals surface area contributed by atoms with E-state index in [9.17, 15) is 0 Å². The van der Waals surface area contributed by atoms with E-state index in [4.69, 9.17) is 9.47 Å². The Bertz CT molecular complexity index is 353. The Hall–Kier alpha value is -0.480. The van der Waals surface area contributed by atoms with Crippen molar-refractivity contribution in [3.63, 3.8) is 0 Å². The van der Waals surface area contributed by atoms with Crippen molar-refractivity contribution in [3.05, 3.63) is 12.1 Å². The molecule has 2 rings (SSSR count). The van der Waals surface area contributed by atoms with Gasteiger partial charge in [-0.25, -0.2) is 0 Å². The van der Waals surface area contributed by atoms with Crippen molar-refractivity contribution in [1.82, 2.24) is 0 Å². The number of rotatable bonds is 2. The minimum atomic E-state index is 0.208. The van der Waals surface area contributed by atoms with Crippen LogP contribution < -0.4 is 9.47 Å². The molecule has 0 atom stereocenters. The number of ether oxygens (including phenoxy) is 2. The van der Waals surface area contributed by atoms with Gasteiger partial charge in [-0.1, -0.05) is 0 Å². The van der Waals surface area contributed by atoms with Crippen molar-refractivity contribution in [2.24, 2.45) is 0 Å². The fourth-order valence-electron chi connectivity index (χ4n) is 1.55. The van der Waals surface area contributed by atoms with E-state index in [0.717, 1.165) is 11.5 Å². The van der Waals surface area contributed by atoms with Crippen LogP contribution in [-0.4, -0.2) is 18.3 Å². The van der Waals surface area contributed by atoms with Crippen molar-refractivity contribution >= 4 is 23.5 Å². The van der Waals surface area contributed by atoms with Gasteiger partial charge < -0.3 is 9.47 Å². The van der Waals surface area contributed by atoms with Crippen LogP contribution in [0.2, 0.25) is 0 Å². The predicted molar refractivity (Wildman–Crippen MR) is 65.3 cm³/mol. The Balaban J connectivity index is 2.44. The molecule has 1 aliphatic rings. The van der Waals surface area contributed by atoms with E-state index in [1.807, 2.05) is 23.5 Å². The number of benzene rings is 1. The summed E-state index contributed by atoms with van der Waals surface area (Å²) < 4.78 is 10.8. The maximum absolute atomic E-state index is 5.28. The molecule has 82 valence electrons. The molecule has 0 unspecified atom stereocenters. The van der Waals surface area contributed by atoms with E-state index in [2.05, 4.69) is 26.0 Å². The first-order chi connectivity index (χ1) is 7.05. The van der Waals surface area contributed by atoms with Crippen molar-refractivity contribution in [3.8, 4) is 11.5 Å². The lowest BCUT2D eigenvalue weighted by Crippen LogP contribution is -2.01. The maximum Gasteiger partial charge on any atom is 0.161 e. The number of hydrogen-bond donors (Lipinski definition) is 0. The average molecular weight is 242 g/mol. The molecule has 15 heavy (non-hydrogen) atoms. The molecule has 0 saturated heterocycles. The quantitative estimate of drug-likeness (QED) is 0.788. The first kappa shape index (κ1) is 11.0. The molecule has 0 aromatic heterocycles. The van der Waals surface area contributed by atoms with Crippen molar-refractivity contribution in [2.45, 2.75) is 27.7 Å². The summed E-state index contributed by atoms with van der Waals surface area (Å²) in [4.78, 5) is 2.56. The zero-order valence-corrected chi connectivity index (χ0v) is 10.9. The van der Waals surface area contributed by atoms with Crippen LogP contribution in [-0.2, 0) is 0 Å². The third kappa shape index (κ3) is 2.06. The van der Waals surface area contributed by atoms with E-state index in [1.54, 1.807) is 14.2 Å². The molecule has 0 radical (unpaired) electrons. The number of hydrogen-bond acceptors (Lipinski definition) is 4. The monoisotopic (exact) mass is 242 g/mol. The van der Waals surface area contributed by atoms with Gasteiger partial charge >= 0.3 is 0 Å². The highest BCUT2D eigenvalue weighted by atomic mass is 32.2. The van der Waals surface area contributed by atoms with Gasteiger partial charge in [0.1, 0.15) is 0 Å². The lowest BCUT2D eigenvalue weighted by atomic mass is 10.3. The van der Waals surface area contributed by atoms with Gasteiger partial charge in [-0.15, -0.1) is 23.5 Å². The van der Waals surface area contributed by atoms with Crippen molar-refractivity contribution in [1.29, 1.82) is 0 Å². The van der Waals surface area contributed by atoms with E-state index in [0.29, 0.717) is 0 Å². The summed E-state index contributed by atoms with van der Waals surface area (Å²) in [6.07, 6.45) is 0. The average Bonchev–Trinajstić information content (AvgIpc) is 2.48. The molecule has 1 aromatic rings. The molecule has 0 saturated carbocycles. The first-order valence-corrected chi connectivity index (χ1v) is 6.33. The highest BCUT2D eigenvalue weighted by Crippen LogP contribution is 2.57. The van der Waals surface area contributed by atoms with Crippen LogP contribution in [0.1, 0.15) is 13.8 Å². The lowest BCUT2D eigenvalue weighted by molar-refractivity contribution is 0.353. The van der Waals surface area contributed by atoms with Gasteiger partial charge in [-0.2, -0.15) is 0 Å². The SMILES string of the molecule is COc1cc2c(cc1OC)SC(C)(C)S2. The summed E-state index contributed by atoms with van der Waals surface area (Å²) in [7, 11) is 3.34. The number of thioether (sulfide) groups is 2. The Labute approximate surface area is 98.7 Å². The molecule has 4 heteroatoms. The minimum absolute atomic E-state index is 0.208. The molecule has 1 heterocycles. The van der Waals surface area contributed by atoms with E-state index in [-0.39, 0.29) is 4.08 Å². The molecule has 0 amide bonds. The molecule has 1 aromatic carbocycles. The zero-order valence-electron chi connectivity index (χ0n) is 9.29. The molecular weight excluding hydrogens is 228 g/mol. The van der Waals surface area contributed by atoms with Gasteiger partial charge in [0, 0.05) is 9.79 Å². The summed E-state index contributed by atoms with van der Waals surface area (Å²) in [6, 6.07) is 4.11. The zero-order chi connectivity index (χ0) is 11.1. The topological polar surface area (TPSA) is 18.5 Å². The van der Waals surface area contributed by atoms with Gasteiger partial charge in [0.15, 0.2) is 11.5 Å². The van der Waals surface area contributed by atoms with E-state index >= 15 is 0 Å². The first-order valence-electron chi connectivity index (χ1n) is 4.70. The normalized spacial score (nSPS) is 17.3. The van der Waals surface area contributed by atoms with Crippen LogP contribution in [0.4, 0.5) is 0 Å². The standard InChI is InChI=1S/C11H14O2S2/c1-11(2)14-9-5-7(12-3)8(13-4)6-10(9)15-11/h5-6H,1-4H3. The number of fused-ring (bicyclic) bond motifs is 1. The summed E-state index contributed by atoms with van der Waals surface area (Å²) in [5, 5.41) is 0. The summed E-state index contributed by atoms with van der Waals surface area (Å²) in [5.74, 6) is 1.61. The Morgan fingerprint density at radius 3 is 1.67 bits per heavy atom. The summed E-state index contributed by atoms with van der Waals surface area (Å²) >= 11 is 3.74. The second kappa shape index (κ2) is 3.83. The van der Waals surface area contributed by atoms with E-state index < -0.39 is 0 Å². The second-order valence-corrected chi connectivity index (χ2v) is 7.35. The van der Waals surface area contributed by atoms with Crippen LogP contribution in [0, 0.1) is 0 Å². The Morgan fingerprint density at radius 1 is 0.933 bits per heavy atom. The summed E-state index contributed by atoms with van der Waals surface area (Å²) in [5.41, 5.74) is 0. The molecule has 2 nitrogen and oxygen atoms in total. The Morgan fingerprint density at radius 2 is 1.33 bits per heavy atom. The Kier molecular flexibility index (Phi) is 2.81. The van der Waals surface area contributed by atoms with Crippen LogP contribution in [0.3, 0.4) is 0 Å². The molecule has 0 aliphatic carbocycles. The predicted octanol–water partition coefficient (Wildman–Crippen LogP) is 3.64. The van der Waals surface area contributed by atoms with Crippen LogP contribution in [0.25, 0.3) is 0 Å². The van der Waals surface area contributed by atoms with Crippen LogP contribution >= 0.6 is 23.5 Å².